The average molecular weight is 203 g/mol. The Labute approximate surface area is 80.1 Å². The molecule has 0 radical (unpaired) electrons. The van der Waals surface area contributed by atoms with Gasteiger partial charge in [-0.15, -0.1) is 0 Å². The Balaban J connectivity index is 3.00. The summed E-state index contributed by atoms with van der Waals surface area (Å²) in [5.41, 5.74) is 4.50. The summed E-state index contributed by atoms with van der Waals surface area (Å²) in [7, 11) is 0. The van der Waals surface area contributed by atoms with Gasteiger partial charge in [0, 0.05) is 12.2 Å². The number of aliphatic hydroxyl groups is 1. The summed E-state index contributed by atoms with van der Waals surface area (Å²) in [5.74, 6) is -1.81. The molecule has 14 heavy (non-hydrogen) atoms. The van der Waals surface area contributed by atoms with Crippen LogP contribution >= 0.6 is 0 Å². The van der Waals surface area contributed by atoms with Crippen molar-refractivity contribution < 1.29 is 18.6 Å². The molecule has 3 nitrogen and oxygen atoms in total. The van der Waals surface area contributed by atoms with E-state index in [0.29, 0.717) is 0 Å². The standard InChI is InChI=1S/C9H11F2NO2/c1-2-14-9(13)5-3-6(10)8(12)7(11)4-5/h3-4,9,13H,2,12H2,1H3. The first-order valence-electron chi connectivity index (χ1n) is 4.10. The first-order chi connectivity index (χ1) is 6.56. The Bertz CT molecular complexity index is 308. The van der Waals surface area contributed by atoms with Gasteiger partial charge in [0.15, 0.2) is 6.29 Å². The highest BCUT2D eigenvalue weighted by Crippen LogP contribution is 2.22. The van der Waals surface area contributed by atoms with E-state index in [2.05, 4.69) is 0 Å². The number of halogens is 2. The van der Waals surface area contributed by atoms with Gasteiger partial charge >= 0.3 is 0 Å². The minimum atomic E-state index is -1.33. The summed E-state index contributed by atoms with van der Waals surface area (Å²) in [6.07, 6.45) is -1.33. The molecule has 1 unspecified atom stereocenters. The van der Waals surface area contributed by atoms with E-state index in [4.69, 9.17) is 10.5 Å². The maximum absolute atomic E-state index is 12.9. The summed E-state index contributed by atoms with van der Waals surface area (Å²) < 4.78 is 30.6. The minimum Gasteiger partial charge on any atom is -0.394 e. The van der Waals surface area contributed by atoms with Gasteiger partial charge in [0.05, 0.1) is 0 Å². The molecule has 78 valence electrons. The normalized spacial score (nSPS) is 12.9. The van der Waals surface area contributed by atoms with Crippen LogP contribution in [0.1, 0.15) is 18.8 Å². The molecule has 0 saturated carbocycles. The van der Waals surface area contributed by atoms with Crippen molar-refractivity contribution in [2.45, 2.75) is 13.2 Å². The van der Waals surface area contributed by atoms with Crippen molar-refractivity contribution in [3.05, 3.63) is 29.3 Å². The second kappa shape index (κ2) is 4.34. The zero-order valence-electron chi connectivity index (χ0n) is 7.63. The van der Waals surface area contributed by atoms with Crippen molar-refractivity contribution in [1.82, 2.24) is 0 Å². The molecule has 1 atom stereocenters. The lowest BCUT2D eigenvalue weighted by Crippen LogP contribution is -2.05. The van der Waals surface area contributed by atoms with Crippen molar-refractivity contribution in [1.29, 1.82) is 0 Å². The number of ether oxygens (including phenoxy) is 1. The van der Waals surface area contributed by atoms with E-state index in [1.165, 1.54) is 0 Å². The maximum atomic E-state index is 12.9. The molecule has 0 aliphatic heterocycles. The van der Waals surface area contributed by atoms with Gasteiger partial charge in [-0.3, -0.25) is 0 Å². The number of rotatable bonds is 3. The van der Waals surface area contributed by atoms with Crippen molar-refractivity contribution in [2.24, 2.45) is 0 Å². The van der Waals surface area contributed by atoms with Crippen LogP contribution in [0.25, 0.3) is 0 Å². The molecule has 0 aliphatic carbocycles. The van der Waals surface area contributed by atoms with Gasteiger partial charge in [0.25, 0.3) is 0 Å². The zero-order valence-corrected chi connectivity index (χ0v) is 7.63. The second-order valence-corrected chi connectivity index (χ2v) is 2.71. The van der Waals surface area contributed by atoms with Gasteiger partial charge in [0.2, 0.25) is 0 Å². The lowest BCUT2D eigenvalue weighted by Gasteiger charge is -2.11. The summed E-state index contributed by atoms with van der Waals surface area (Å²) >= 11 is 0. The van der Waals surface area contributed by atoms with Crippen molar-refractivity contribution in [3.8, 4) is 0 Å². The molecule has 0 spiro atoms. The van der Waals surface area contributed by atoms with Crippen LogP contribution in [0.15, 0.2) is 12.1 Å². The van der Waals surface area contributed by atoms with Gasteiger partial charge in [-0.1, -0.05) is 0 Å². The minimum absolute atomic E-state index is 0.0102. The summed E-state index contributed by atoms with van der Waals surface area (Å²) in [5, 5.41) is 9.26. The average Bonchev–Trinajstić information content (AvgIpc) is 2.13. The lowest BCUT2D eigenvalue weighted by molar-refractivity contribution is -0.0982. The van der Waals surface area contributed by atoms with Crippen LogP contribution in [0, 0.1) is 11.6 Å². The van der Waals surface area contributed by atoms with Gasteiger partial charge in [0.1, 0.15) is 17.3 Å². The summed E-state index contributed by atoms with van der Waals surface area (Å²) in [4.78, 5) is 0. The smallest absolute Gasteiger partial charge is 0.181 e. The number of nitrogens with two attached hydrogens (primary N) is 1. The molecule has 0 bridgehead atoms. The monoisotopic (exact) mass is 203 g/mol. The molecule has 0 saturated heterocycles. The molecule has 3 N–H and O–H groups in total. The van der Waals surface area contributed by atoms with Crippen molar-refractivity contribution in [3.63, 3.8) is 0 Å². The number of nitrogen functional groups attached to an aromatic ring is 1. The molecule has 0 aromatic heterocycles. The zero-order chi connectivity index (χ0) is 10.7. The van der Waals surface area contributed by atoms with E-state index >= 15 is 0 Å². The molecule has 1 aromatic rings. The first kappa shape index (κ1) is 10.9. The van der Waals surface area contributed by atoms with Crippen LogP contribution in [-0.2, 0) is 4.74 Å². The first-order valence-corrected chi connectivity index (χ1v) is 4.10. The van der Waals surface area contributed by atoms with Gasteiger partial charge in [-0.25, -0.2) is 8.78 Å². The quantitative estimate of drug-likeness (QED) is 0.579. The highest BCUT2D eigenvalue weighted by molar-refractivity contribution is 5.43. The molecular weight excluding hydrogens is 192 g/mol. The third-order valence-corrected chi connectivity index (χ3v) is 1.71. The van der Waals surface area contributed by atoms with Crippen molar-refractivity contribution in [2.75, 3.05) is 12.3 Å². The third kappa shape index (κ3) is 2.18. The Morgan fingerprint density at radius 3 is 2.36 bits per heavy atom. The Morgan fingerprint density at radius 1 is 1.43 bits per heavy atom. The van der Waals surface area contributed by atoms with E-state index in [9.17, 15) is 13.9 Å². The topological polar surface area (TPSA) is 55.5 Å². The number of hydrogen-bond acceptors (Lipinski definition) is 3. The van der Waals surface area contributed by atoms with Crippen LogP contribution in [0.4, 0.5) is 14.5 Å². The fourth-order valence-corrected chi connectivity index (χ4v) is 1.00. The number of hydrogen-bond donors (Lipinski definition) is 2. The number of benzene rings is 1. The van der Waals surface area contributed by atoms with Gasteiger partial charge in [-0.05, 0) is 19.1 Å². The highest BCUT2D eigenvalue weighted by atomic mass is 19.1. The van der Waals surface area contributed by atoms with Gasteiger partial charge < -0.3 is 15.6 Å². The maximum Gasteiger partial charge on any atom is 0.181 e. The second-order valence-electron chi connectivity index (χ2n) is 2.71. The van der Waals surface area contributed by atoms with E-state index in [1.54, 1.807) is 6.92 Å². The Morgan fingerprint density at radius 2 is 1.93 bits per heavy atom. The van der Waals surface area contributed by atoms with Crippen molar-refractivity contribution >= 4 is 5.69 Å². The molecule has 0 fully saturated rings. The SMILES string of the molecule is CCOC(O)c1cc(F)c(N)c(F)c1. The van der Waals surface area contributed by atoms with Crippen LogP contribution in [0.5, 0.6) is 0 Å². The predicted molar refractivity (Wildman–Crippen MR) is 47.4 cm³/mol. The van der Waals surface area contributed by atoms with Crippen LogP contribution < -0.4 is 5.73 Å². The summed E-state index contributed by atoms with van der Waals surface area (Å²) in [6.45, 7) is 1.90. The largest absolute Gasteiger partial charge is 0.394 e. The van der Waals surface area contributed by atoms with Crippen LogP contribution in [0.3, 0.4) is 0 Å². The fourth-order valence-electron chi connectivity index (χ4n) is 1.00. The Hall–Kier alpha value is -1.20. The fraction of sp³-hybridized carbons (Fsp3) is 0.333. The van der Waals surface area contributed by atoms with Gasteiger partial charge in [-0.2, -0.15) is 0 Å². The number of aliphatic hydroxyl groups excluding tert-OH is 1. The molecule has 5 heteroatoms. The van der Waals surface area contributed by atoms with E-state index < -0.39 is 23.6 Å². The van der Waals surface area contributed by atoms with E-state index in [1.807, 2.05) is 0 Å². The molecule has 1 aromatic carbocycles. The molecule has 1 rings (SSSR count). The van der Waals surface area contributed by atoms with E-state index in [-0.39, 0.29) is 12.2 Å². The summed E-state index contributed by atoms with van der Waals surface area (Å²) in [6, 6.07) is 1.89. The molecular formula is C9H11F2NO2. The lowest BCUT2D eigenvalue weighted by atomic mass is 10.2. The van der Waals surface area contributed by atoms with Crippen LogP contribution in [-0.4, -0.2) is 11.7 Å². The molecule has 0 amide bonds. The molecule has 0 aliphatic rings. The Kier molecular flexibility index (Phi) is 3.38. The molecule has 0 heterocycles. The van der Waals surface area contributed by atoms with E-state index in [0.717, 1.165) is 12.1 Å². The number of anilines is 1. The highest BCUT2D eigenvalue weighted by Gasteiger charge is 2.13. The van der Waals surface area contributed by atoms with Crippen LogP contribution in [0.2, 0.25) is 0 Å². The predicted octanol–water partition coefficient (Wildman–Crippen LogP) is 1.57. The third-order valence-electron chi connectivity index (χ3n) is 1.71.